The van der Waals surface area contributed by atoms with Gasteiger partial charge in [-0.1, -0.05) is 42.5 Å². The summed E-state index contributed by atoms with van der Waals surface area (Å²) >= 11 is 0. The summed E-state index contributed by atoms with van der Waals surface area (Å²) in [4.78, 5) is 41.5. The van der Waals surface area contributed by atoms with Gasteiger partial charge in [-0.05, 0) is 30.2 Å². The maximum Gasteiger partial charge on any atom is 0.352 e. The monoisotopic (exact) mass is 449 g/mol. The van der Waals surface area contributed by atoms with Crippen molar-refractivity contribution in [3.8, 4) is 5.69 Å². The van der Waals surface area contributed by atoms with Gasteiger partial charge in [0.25, 0.3) is 11.5 Å². The lowest BCUT2D eigenvalue weighted by atomic mass is 10.2. The number of hydrogen-bond acceptors (Lipinski definition) is 6. The van der Waals surface area contributed by atoms with Gasteiger partial charge in [0.1, 0.15) is 0 Å². The van der Waals surface area contributed by atoms with E-state index in [0.717, 1.165) is 33.5 Å². The number of ether oxygens (including phenoxy) is 1. The number of nitrogens with zero attached hydrogens (tertiary/aromatic N) is 4. The van der Waals surface area contributed by atoms with Gasteiger partial charge in [0.15, 0.2) is 0 Å². The summed E-state index contributed by atoms with van der Waals surface area (Å²) in [5.41, 5.74) is 0.574. The number of nitrogens with one attached hydrogen (secondary N) is 1. The van der Waals surface area contributed by atoms with Crippen LogP contribution in [0.15, 0.2) is 64.2 Å². The van der Waals surface area contributed by atoms with Crippen molar-refractivity contribution in [2.24, 2.45) is 0 Å². The highest BCUT2D eigenvalue weighted by Gasteiger charge is 2.21. The standard InChI is InChI=1S/C24H27N5O4/c1-18-6-5-9-20(16-18)29-24(32)28(17-19-7-3-2-4-8-19)23(31)21(26-29)22(30)25-10-11-27-12-14-33-15-13-27/h2-9,16H,10-15,17H2,1H3,(H,25,30). The largest absolute Gasteiger partial charge is 0.379 e. The van der Waals surface area contributed by atoms with Crippen LogP contribution in [0.3, 0.4) is 0 Å². The van der Waals surface area contributed by atoms with E-state index in [1.165, 1.54) is 0 Å². The van der Waals surface area contributed by atoms with Crippen molar-refractivity contribution >= 4 is 5.91 Å². The molecule has 0 saturated carbocycles. The van der Waals surface area contributed by atoms with Crippen molar-refractivity contribution < 1.29 is 9.53 Å². The Bertz CT molecular complexity index is 1230. The molecule has 0 atom stereocenters. The fraction of sp³-hybridized carbons (Fsp3) is 0.333. The second-order valence-electron chi connectivity index (χ2n) is 7.97. The summed E-state index contributed by atoms with van der Waals surface area (Å²) in [6, 6.07) is 16.4. The Morgan fingerprint density at radius 2 is 1.82 bits per heavy atom. The van der Waals surface area contributed by atoms with Gasteiger partial charge in [-0.2, -0.15) is 9.78 Å². The molecule has 1 fully saturated rings. The lowest BCUT2D eigenvalue weighted by Crippen LogP contribution is -2.47. The smallest absolute Gasteiger partial charge is 0.352 e. The molecule has 9 nitrogen and oxygen atoms in total. The minimum Gasteiger partial charge on any atom is -0.379 e. The number of benzene rings is 2. The average Bonchev–Trinajstić information content (AvgIpc) is 2.83. The van der Waals surface area contributed by atoms with Crippen LogP contribution < -0.4 is 16.6 Å². The third-order valence-corrected chi connectivity index (χ3v) is 5.52. The van der Waals surface area contributed by atoms with Crippen LogP contribution in [0.1, 0.15) is 21.6 Å². The normalized spacial score (nSPS) is 14.2. The number of aromatic nitrogens is 3. The van der Waals surface area contributed by atoms with Crippen molar-refractivity contribution in [2.45, 2.75) is 13.5 Å². The fourth-order valence-corrected chi connectivity index (χ4v) is 3.73. The molecular formula is C24H27N5O4. The molecule has 0 radical (unpaired) electrons. The Balaban J connectivity index is 1.67. The summed E-state index contributed by atoms with van der Waals surface area (Å²) in [7, 11) is 0. The molecule has 2 aromatic carbocycles. The van der Waals surface area contributed by atoms with Crippen molar-refractivity contribution in [2.75, 3.05) is 39.4 Å². The van der Waals surface area contributed by atoms with E-state index in [1.54, 1.807) is 18.2 Å². The van der Waals surface area contributed by atoms with Gasteiger partial charge in [-0.25, -0.2) is 4.79 Å². The number of hydrogen-bond donors (Lipinski definition) is 1. The van der Waals surface area contributed by atoms with E-state index in [1.807, 2.05) is 43.3 Å². The molecule has 0 aliphatic carbocycles. The first-order valence-corrected chi connectivity index (χ1v) is 11.0. The van der Waals surface area contributed by atoms with Crippen LogP contribution in [0, 0.1) is 6.92 Å². The molecule has 1 N–H and O–H groups in total. The zero-order chi connectivity index (χ0) is 23.2. The van der Waals surface area contributed by atoms with Crippen molar-refractivity contribution in [3.63, 3.8) is 0 Å². The van der Waals surface area contributed by atoms with E-state index in [9.17, 15) is 14.4 Å². The van der Waals surface area contributed by atoms with E-state index in [4.69, 9.17) is 4.74 Å². The van der Waals surface area contributed by atoms with Crippen LogP contribution in [0.5, 0.6) is 0 Å². The highest BCUT2D eigenvalue weighted by atomic mass is 16.5. The lowest BCUT2D eigenvalue weighted by molar-refractivity contribution is 0.0383. The van der Waals surface area contributed by atoms with Crippen LogP contribution >= 0.6 is 0 Å². The lowest BCUT2D eigenvalue weighted by Gasteiger charge is -2.26. The number of aryl methyl sites for hydroxylation is 1. The molecule has 3 aromatic rings. The van der Waals surface area contributed by atoms with Crippen LogP contribution in [0.2, 0.25) is 0 Å². The van der Waals surface area contributed by atoms with Crippen LogP contribution in [0.4, 0.5) is 0 Å². The zero-order valence-electron chi connectivity index (χ0n) is 18.6. The third-order valence-electron chi connectivity index (χ3n) is 5.52. The fourth-order valence-electron chi connectivity index (χ4n) is 3.73. The first kappa shape index (κ1) is 22.6. The summed E-state index contributed by atoms with van der Waals surface area (Å²) in [6.45, 7) is 5.89. The number of morpholine rings is 1. The molecule has 1 amide bonds. The van der Waals surface area contributed by atoms with E-state index >= 15 is 0 Å². The molecule has 9 heteroatoms. The Morgan fingerprint density at radius 3 is 2.55 bits per heavy atom. The Morgan fingerprint density at radius 1 is 1.06 bits per heavy atom. The molecule has 2 heterocycles. The molecule has 1 aliphatic heterocycles. The Hall–Kier alpha value is -3.56. The van der Waals surface area contributed by atoms with E-state index in [2.05, 4.69) is 15.3 Å². The average molecular weight is 450 g/mol. The molecular weight excluding hydrogens is 422 g/mol. The second-order valence-corrected chi connectivity index (χ2v) is 7.97. The van der Waals surface area contributed by atoms with Crippen LogP contribution in [-0.2, 0) is 11.3 Å². The molecule has 4 rings (SSSR count). The quantitative estimate of drug-likeness (QED) is 0.573. The second kappa shape index (κ2) is 10.4. The first-order chi connectivity index (χ1) is 16.0. The molecule has 1 saturated heterocycles. The zero-order valence-corrected chi connectivity index (χ0v) is 18.6. The molecule has 0 spiro atoms. The Kier molecular flexibility index (Phi) is 7.11. The molecule has 172 valence electrons. The summed E-state index contributed by atoms with van der Waals surface area (Å²) in [6.07, 6.45) is 0. The molecule has 1 aromatic heterocycles. The summed E-state index contributed by atoms with van der Waals surface area (Å²) < 4.78 is 7.51. The van der Waals surface area contributed by atoms with Crippen molar-refractivity contribution in [1.29, 1.82) is 0 Å². The summed E-state index contributed by atoms with van der Waals surface area (Å²) in [5, 5.41) is 6.95. The third kappa shape index (κ3) is 5.44. The van der Waals surface area contributed by atoms with Gasteiger partial charge >= 0.3 is 5.69 Å². The maximum absolute atomic E-state index is 13.2. The van der Waals surface area contributed by atoms with Gasteiger partial charge in [0.2, 0.25) is 5.69 Å². The van der Waals surface area contributed by atoms with Crippen LogP contribution in [-0.4, -0.2) is 64.5 Å². The molecule has 0 bridgehead atoms. The molecule has 0 unspecified atom stereocenters. The van der Waals surface area contributed by atoms with Gasteiger partial charge in [0.05, 0.1) is 25.4 Å². The SMILES string of the molecule is Cc1cccc(-n2nc(C(=O)NCCN3CCOCC3)c(=O)n(Cc3ccccc3)c2=O)c1. The number of rotatable bonds is 7. The minimum atomic E-state index is -0.711. The van der Waals surface area contributed by atoms with E-state index < -0.39 is 17.2 Å². The van der Waals surface area contributed by atoms with Gasteiger partial charge < -0.3 is 10.1 Å². The number of carbonyl (C=O) groups is 1. The van der Waals surface area contributed by atoms with E-state index in [0.29, 0.717) is 32.0 Å². The van der Waals surface area contributed by atoms with Crippen molar-refractivity contribution in [1.82, 2.24) is 24.6 Å². The summed E-state index contributed by atoms with van der Waals surface area (Å²) in [5.74, 6) is -0.600. The minimum absolute atomic E-state index is 0.0426. The number of amides is 1. The van der Waals surface area contributed by atoms with Gasteiger partial charge in [0, 0.05) is 26.2 Å². The molecule has 33 heavy (non-hydrogen) atoms. The molecule has 1 aliphatic rings. The van der Waals surface area contributed by atoms with Crippen LogP contribution in [0.25, 0.3) is 5.69 Å². The Labute approximate surface area is 191 Å². The highest BCUT2D eigenvalue weighted by molar-refractivity contribution is 5.91. The van der Waals surface area contributed by atoms with Gasteiger partial charge in [-0.15, -0.1) is 0 Å². The topological polar surface area (TPSA) is 98.5 Å². The van der Waals surface area contributed by atoms with Crippen molar-refractivity contribution in [3.05, 3.63) is 92.3 Å². The number of carbonyl (C=O) groups excluding carboxylic acids is 1. The highest BCUT2D eigenvalue weighted by Crippen LogP contribution is 2.07. The van der Waals surface area contributed by atoms with E-state index in [-0.39, 0.29) is 12.2 Å². The predicted molar refractivity (Wildman–Crippen MR) is 124 cm³/mol. The first-order valence-electron chi connectivity index (χ1n) is 11.0. The predicted octanol–water partition coefficient (Wildman–Crippen LogP) is 0.813. The maximum atomic E-state index is 13.2. The van der Waals surface area contributed by atoms with Gasteiger partial charge in [-0.3, -0.25) is 19.1 Å².